The monoisotopic (exact) mass is 299 g/mol. The number of aryl methyl sites for hydroxylation is 1. The van der Waals surface area contributed by atoms with Crippen LogP contribution in [0.15, 0.2) is 40.9 Å². The lowest BCUT2D eigenvalue weighted by Crippen LogP contribution is -2.37. The summed E-state index contributed by atoms with van der Waals surface area (Å²) in [6.07, 6.45) is 0.954. The van der Waals surface area contributed by atoms with Crippen molar-refractivity contribution >= 4 is 5.91 Å². The number of hydrogen-bond acceptors (Lipinski definition) is 4. The third-order valence-corrected chi connectivity index (χ3v) is 4.24. The molecule has 0 radical (unpaired) electrons. The minimum atomic E-state index is -0.181. The molecular formula is C17H21N3O2. The van der Waals surface area contributed by atoms with Gasteiger partial charge in [0, 0.05) is 31.2 Å². The van der Waals surface area contributed by atoms with E-state index in [1.54, 1.807) is 13.0 Å². The zero-order chi connectivity index (χ0) is 15.5. The van der Waals surface area contributed by atoms with Gasteiger partial charge in [0.1, 0.15) is 0 Å². The van der Waals surface area contributed by atoms with Crippen molar-refractivity contribution in [2.45, 2.75) is 32.4 Å². The number of likely N-dealkylation sites (tertiary alicyclic amines) is 1. The van der Waals surface area contributed by atoms with Crippen molar-refractivity contribution in [3.63, 3.8) is 0 Å². The zero-order valence-corrected chi connectivity index (χ0v) is 13.0. The van der Waals surface area contributed by atoms with Crippen LogP contribution in [0.5, 0.6) is 0 Å². The van der Waals surface area contributed by atoms with Gasteiger partial charge in [-0.15, -0.1) is 0 Å². The fourth-order valence-electron chi connectivity index (χ4n) is 2.93. The summed E-state index contributed by atoms with van der Waals surface area (Å²) >= 11 is 0. The van der Waals surface area contributed by atoms with E-state index in [0.717, 1.165) is 25.2 Å². The summed E-state index contributed by atoms with van der Waals surface area (Å²) in [7, 11) is 0. The van der Waals surface area contributed by atoms with Gasteiger partial charge in [-0.3, -0.25) is 9.69 Å². The van der Waals surface area contributed by atoms with Gasteiger partial charge in [-0.1, -0.05) is 35.5 Å². The second-order valence-electron chi connectivity index (χ2n) is 5.87. The molecule has 1 amide bonds. The molecule has 1 aromatic carbocycles. The molecule has 0 aliphatic carbocycles. The molecule has 1 aromatic heterocycles. The molecule has 1 fully saturated rings. The third kappa shape index (κ3) is 3.20. The molecule has 1 N–H and O–H groups in total. The Morgan fingerprint density at radius 2 is 2.18 bits per heavy atom. The number of hydrogen-bond donors (Lipinski definition) is 1. The number of nitrogens with zero attached hydrogens (tertiary/aromatic N) is 2. The van der Waals surface area contributed by atoms with E-state index in [2.05, 4.69) is 46.6 Å². The molecule has 2 aromatic rings. The summed E-state index contributed by atoms with van der Waals surface area (Å²) in [5.41, 5.74) is 2.02. The van der Waals surface area contributed by atoms with Gasteiger partial charge in [0.25, 0.3) is 5.91 Å². The third-order valence-electron chi connectivity index (χ3n) is 4.24. The van der Waals surface area contributed by atoms with Gasteiger partial charge in [-0.05, 0) is 25.8 Å². The number of aromatic nitrogens is 1. The largest absolute Gasteiger partial charge is 0.351 e. The van der Waals surface area contributed by atoms with Gasteiger partial charge < -0.3 is 9.84 Å². The van der Waals surface area contributed by atoms with Crippen molar-refractivity contribution < 1.29 is 9.32 Å². The first kappa shape index (κ1) is 14.8. The van der Waals surface area contributed by atoms with E-state index in [0.29, 0.717) is 6.04 Å². The van der Waals surface area contributed by atoms with Crippen molar-refractivity contribution in [1.29, 1.82) is 0 Å². The quantitative estimate of drug-likeness (QED) is 0.942. The highest BCUT2D eigenvalue weighted by Crippen LogP contribution is 2.24. The Morgan fingerprint density at radius 3 is 2.86 bits per heavy atom. The fourth-order valence-corrected chi connectivity index (χ4v) is 2.93. The first-order valence-corrected chi connectivity index (χ1v) is 7.66. The molecule has 1 saturated heterocycles. The van der Waals surface area contributed by atoms with E-state index in [-0.39, 0.29) is 17.7 Å². The minimum absolute atomic E-state index is 0.157. The molecule has 116 valence electrons. The number of rotatable bonds is 4. The van der Waals surface area contributed by atoms with Crippen LogP contribution >= 0.6 is 0 Å². The number of carbonyl (C=O) groups is 1. The molecule has 22 heavy (non-hydrogen) atoms. The van der Waals surface area contributed by atoms with Gasteiger partial charge in [0.2, 0.25) is 5.76 Å². The van der Waals surface area contributed by atoms with Crippen molar-refractivity contribution in [2.75, 3.05) is 13.1 Å². The zero-order valence-electron chi connectivity index (χ0n) is 13.0. The summed E-state index contributed by atoms with van der Waals surface area (Å²) in [5.74, 6) is 0.104. The fraction of sp³-hybridized carbons (Fsp3) is 0.412. The summed E-state index contributed by atoms with van der Waals surface area (Å²) in [6.45, 7) is 5.85. The minimum Gasteiger partial charge on any atom is -0.351 e. The molecule has 2 heterocycles. The highest BCUT2D eigenvalue weighted by molar-refractivity contribution is 5.91. The molecule has 3 rings (SSSR count). The maximum absolute atomic E-state index is 12.1. The molecule has 5 nitrogen and oxygen atoms in total. The van der Waals surface area contributed by atoms with Crippen LogP contribution in [0, 0.1) is 6.92 Å². The van der Waals surface area contributed by atoms with Crippen molar-refractivity contribution in [3.05, 3.63) is 53.4 Å². The highest BCUT2D eigenvalue weighted by atomic mass is 16.5. The van der Waals surface area contributed by atoms with Crippen molar-refractivity contribution in [1.82, 2.24) is 15.4 Å². The summed E-state index contributed by atoms with van der Waals surface area (Å²) in [4.78, 5) is 14.5. The van der Waals surface area contributed by atoms with Crippen LogP contribution < -0.4 is 5.32 Å². The van der Waals surface area contributed by atoms with Crippen LogP contribution in [0.25, 0.3) is 0 Å². The predicted octanol–water partition coefficient (Wildman–Crippen LogP) is 2.55. The summed E-state index contributed by atoms with van der Waals surface area (Å²) in [5, 5.41) is 6.78. The van der Waals surface area contributed by atoms with Crippen LogP contribution in [0.4, 0.5) is 0 Å². The van der Waals surface area contributed by atoms with Crippen molar-refractivity contribution in [2.24, 2.45) is 0 Å². The Labute approximate surface area is 130 Å². The first-order valence-electron chi connectivity index (χ1n) is 7.66. The molecule has 0 spiro atoms. The number of benzene rings is 1. The van der Waals surface area contributed by atoms with Crippen LogP contribution in [0.1, 0.15) is 41.2 Å². The standard InChI is InChI=1S/C17H21N3O2/c1-12-10-16(22-19-12)17(21)18-15-8-9-20(11-15)13(2)14-6-4-3-5-7-14/h3-7,10,13,15H,8-9,11H2,1-2H3,(H,18,21)/t13-,15+/m1/s1. The molecule has 5 heteroatoms. The van der Waals surface area contributed by atoms with Crippen LogP contribution in [-0.4, -0.2) is 35.1 Å². The Hall–Kier alpha value is -2.14. The van der Waals surface area contributed by atoms with E-state index in [1.807, 2.05) is 6.07 Å². The lowest BCUT2D eigenvalue weighted by atomic mass is 10.1. The summed E-state index contributed by atoms with van der Waals surface area (Å²) in [6, 6.07) is 12.6. The maximum Gasteiger partial charge on any atom is 0.290 e. The normalized spacial score (nSPS) is 20.0. The van der Waals surface area contributed by atoms with Gasteiger partial charge in [-0.2, -0.15) is 0 Å². The Morgan fingerprint density at radius 1 is 1.41 bits per heavy atom. The smallest absolute Gasteiger partial charge is 0.290 e. The Kier molecular flexibility index (Phi) is 4.24. The van der Waals surface area contributed by atoms with Gasteiger partial charge in [-0.25, -0.2) is 0 Å². The second-order valence-corrected chi connectivity index (χ2v) is 5.87. The molecule has 2 atom stereocenters. The Balaban J connectivity index is 1.57. The van der Waals surface area contributed by atoms with Crippen molar-refractivity contribution in [3.8, 4) is 0 Å². The molecule has 1 aliphatic rings. The van der Waals surface area contributed by atoms with Gasteiger partial charge in [0.05, 0.1) is 5.69 Å². The second kappa shape index (κ2) is 6.32. The number of carbonyl (C=O) groups excluding carboxylic acids is 1. The van der Waals surface area contributed by atoms with E-state index >= 15 is 0 Å². The van der Waals surface area contributed by atoms with Crippen LogP contribution in [-0.2, 0) is 0 Å². The van der Waals surface area contributed by atoms with Gasteiger partial charge >= 0.3 is 0 Å². The molecule has 0 saturated carbocycles. The van der Waals surface area contributed by atoms with E-state index < -0.39 is 0 Å². The van der Waals surface area contributed by atoms with Crippen LogP contribution in [0.2, 0.25) is 0 Å². The van der Waals surface area contributed by atoms with E-state index in [9.17, 15) is 4.79 Å². The highest BCUT2D eigenvalue weighted by Gasteiger charge is 2.28. The molecular weight excluding hydrogens is 278 g/mol. The van der Waals surface area contributed by atoms with Crippen LogP contribution in [0.3, 0.4) is 0 Å². The average Bonchev–Trinajstić information content (AvgIpc) is 3.16. The Bertz CT molecular complexity index is 638. The first-order chi connectivity index (χ1) is 10.6. The topological polar surface area (TPSA) is 58.4 Å². The number of amides is 1. The van der Waals surface area contributed by atoms with E-state index in [1.165, 1.54) is 5.56 Å². The summed E-state index contributed by atoms with van der Waals surface area (Å²) < 4.78 is 5.00. The van der Waals surface area contributed by atoms with E-state index in [4.69, 9.17) is 4.52 Å². The average molecular weight is 299 g/mol. The number of nitrogens with one attached hydrogen (secondary N) is 1. The lowest BCUT2D eigenvalue weighted by Gasteiger charge is -2.24. The molecule has 0 bridgehead atoms. The maximum atomic E-state index is 12.1. The molecule has 1 aliphatic heterocycles. The predicted molar refractivity (Wildman–Crippen MR) is 83.5 cm³/mol. The molecule has 0 unspecified atom stereocenters. The van der Waals surface area contributed by atoms with Gasteiger partial charge in [0.15, 0.2) is 0 Å². The lowest BCUT2D eigenvalue weighted by molar-refractivity contribution is 0.0899. The SMILES string of the molecule is Cc1cc(C(=O)N[C@H]2CCN([C@H](C)c3ccccc3)C2)on1.